The molecular weight excluding hydrogens is 262 g/mol. The summed E-state index contributed by atoms with van der Waals surface area (Å²) in [6.45, 7) is 0.118. The van der Waals surface area contributed by atoms with Gasteiger partial charge < -0.3 is 4.57 Å². The van der Waals surface area contributed by atoms with Crippen LogP contribution in [-0.2, 0) is 19.4 Å². The number of fused-ring (bicyclic) bond motifs is 1. The number of aromatic nitrogens is 2. The average Bonchev–Trinajstić information content (AvgIpc) is 2.85. The zero-order valence-electron chi connectivity index (χ0n) is 10.9. The van der Waals surface area contributed by atoms with Crippen LogP contribution >= 0.6 is 0 Å². The van der Waals surface area contributed by atoms with Crippen LogP contribution in [0.25, 0.3) is 0 Å². The van der Waals surface area contributed by atoms with Gasteiger partial charge in [0.25, 0.3) is 0 Å². The molecule has 1 aromatic carbocycles. The molecule has 3 nitrogen and oxygen atoms in total. The number of nitrogens with zero attached hydrogens (tertiary/aromatic N) is 2. The van der Waals surface area contributed by atoms with Crippen LogP contribution in [0.5, 0.6) is 0 Å². The molecule has 0 atom stereocenters. The molecule has 3 rings (SSSR count). The zero-order chi connectivity index (χ0) is 14.1. The topological polar surface area (TPSA) is 34.9 Å². The van der Waals surface area contributed by atoms with E-state index in [2.05, 4.69) is 4.98 Å². The molecule has 0 amide bonds. The first kappa shape index (κ1) is 13.0. The van der Waals surface area contributed by atoms with Gasteiger partial charge in [-0.3, -0.25) is 4.79 Å². The van der Waals surface area contributed by atoms with Gasteiger partial charge in [-0.15, -0.1) is 0 Å². The van der Waals surface area contributed by atoms with Gasteiger partial charge in [0.15, 0.2) is 17.4 Å². The molecule has 1 heterocycles. The van der Waals surface area contributed by atoms with Gasteiger partial charge in [-0.1, -0.05) is 0 Å². The minimum Gasteiger partial charge on any atom is -0.327 e. The van der Waals surface area contributed by atoms with Gasteiger partial charge in [0.2, 0.25) is 0 Å². The van der Waals surface area contributed by atoms with Crippen molar-refractivity contribution in [3.63, 3.8) is 0 Å². The van der Waals surface area contributed by atoms with Gasteiger partial charge in [-0.2, -0.15) is 0 Å². The van der Waals surface area contributed by atoms with Crippen LogP contribution in [0.3, 0.4) is 0 Å². The number of imidazole rings is 1. The number of halogens is 2. The minimum absolute atomic E-state index is 0.118. The predicted molar refractivity (Wildman–Crippen MR) is 69.6 cm³/mol. The fourth-order valence-electron chi connectivity index (χ4n) is 2.58. The van der Waals surface area contributed by atoms with Gasteiger partial charge >= 0.3 is 0 Å². The Bertz CT molecular complexity index is 664. The third-order valence-electron chi connectivity index (χ3n) is 3.67. The lowest BCUT2D eigenvalue weighted by atomic mass is 10.0. The van der Waals surface area contributed by atoms with Crippen LogP contribution in [0.1, 0.15) is 34.6 Å². The van der Waals surface area contributed by atoms with Crippen LogP contribution < -0.4 is 0 Å². The molecule has 0 saturated heterocycles. The summed E-state index contributed by atoms with van der Waals surface area (Å²) < 4.78 is 27.8. The molecule has 0 saturated carbocycles. The molecule has 0 radical (unpaired) electrons. The Morgan fingerprint density at radius 3 is 2.80 bits per heavy atom. The summed E-state index contributed by atoms with van der Waals surface area (Å²) in [5.41, 5.74) is 2.32. The molecule has 1 aromatic heterocycles. The monoisotopic (exact) mass is 276 g/mol. The lowest BCUT2D eigenvalue weighted by molar-refractivity contribution is 0.0970. The highest BCUT2D eigenvalue weighted by molar-refractivity contribution is 5.95. The zero-order valence-corrected chi connectivity index (χ0v) is 10.9. The number of rotatable bonds is 3. The summed E-state index contributed by atoms with van der Waals surface area (Å²) in [5.74, 6) is -2.18. The highest BCUT2D eigenvalue weighted by atomic mass is 19.2. The fourth-order valence-corrected chi connectivity index (χ4v) is 2.58. The number of carbonyl (C=O) groups excluding carboxylic acids is 1. The molecule has 0 aliphatic heterocycles. The summed E-state index contributed by atoms with van der Waals surface area (Å²) in [6.07, 6.45) is 5.75. The van der Waals surface area contributed by atoms with E-state index in [1.807, 2.05) is 4.57 Å². The first-order valence-electron chi connectivity index (χ1n) is 6.66. The largest absolute Gasteiger partial charge is 0.327 e. The Morgan fingerprint density at radius 2 is 2.00 bits per heavy atom. The molecule has 2 aromatic rings. The van der Waals surface area contributed by atoms with E-state index in [-0.39, 0.29) is 17.9 Å². The van der Waals surface area contributed by atoms with Gasteiger partial charge in [-0.25, -0.2) is 13.8 Å². The van der Waals surface area contributed by atoms with Gasteiger partial charge in [-0.05, 0) is 43.9 Å². The van der Waals surface area contributed by atoms with Gasteiger partial charge in [0.05, 0.1) is 18.6 Å². The minimum atomic E-state index is -0.997. The third-order valence-corrected chi connectivity index (χ3v) is 3.67. The van der Waals surface area contributed by atoms with Crippen molar-refractivity contribution in [3.8, 4) is 0 Å². The van der Waals surface area contributed by atoms with Crippen molar-refractivity contribution < 1.29 is 13.6 Å². The van der Waals surface area contributed by atoms with Gasteiger partial charge in [0.1, 0.15) is 0 Å². The number of benzene rings is 1. The summed E-state index contributed by atoms with van der Waals surface area (Å²) >= 11 is 0. The van der Waals surface area contributed by atoms with Crippen LogP contribution in [0.4, 0.5) is 8.78 Å². The van der Waals surface area contributed by atoms with Crippen molar-refractivity contribution in [1.29, 1.82) is 0 Å². The quantitative estimate of drug-likeness (QED) is 0.808. The van der Waals surface area contributed by atoms with E-state index >= 15 is 0 Å². The molecule has 104 valence electrons. The average molecular weight is 276 g/mol. The fraction of sp³-hybridized carbons (Fsp3) is 0.333. The lowest BCUT2D eigenvalue weighted by Gasteiger charge is -2.13. The molecular formula is C15H14F2N2O. The van der Waals surface area contributed by atoms with Crippen molar-refractivity contribution >= 4 is 5.78 Å². The standard InChI is InChI=1S/C15H14F2N2O/c16-11-6-5-10(7-12(11)17)15(20)8-19-9-18-13-3-1-2-4-14(13)19/h5-7,9H,1-4,8H2. The summed E-state index contributed by atoms with van der Waals surface area (Å²) in [6, 6.07) is 3.23. The van der Waals surface area contributed by atoms with Crippen LogP contribution in [0, 0.1) is 11.6 Å². The second kappa shape index (κ2) is 5.15. The maximum atomic E-state index is 13.1. The Labute approximate surface area is 115 Å². The Kier molecular flexibility index (Phi) is 3.34. The first-order valence-corrected chi connectivity index (χ1v) is 6.66. The molecule has 1 aliphatic carbocycles. The van der Waals surface area contributed by atoms with E-state index in [0.717, 1.165) is 49.2 Å². The lowest BCUT2D eigenvalue weighted by Crippen LogP contribution is -2.14. The predicted octanol–water partition coefficient (Wildman–Crippen LogP) is 2.92. The van der Waals surface area contributed by atoms with Crippen LogP contribution in [-0.4, -0.2) is 15.3 Å². The summed E-state index contributed by atoms with van der Waals surface area (Å²) in [7, 11) is 0. The van der Waals surface area contributed by atoms with E-state index in [1.165, 1.54) is 6.07 Å². The summed E-state index contributed by atoms with van der Waals surface area (Å²) in [4.78, 5) is 16.4. The third kappa shape index (κ3) is 2.35. The Hall–Kier alpha value is -2.04. The van der Waals surface area contributed by atoms with Crippen LogP contribution in [0.15, 0.2) is 24.5 Å². The molecule has 5 heteroatoms. The van der Waals surface area contributed by atoms with Crippen molar-refractivity contribution in [2.24, 2.45) is 0 Å². The van der Waals surface area contributed by atoms with E-state index < -0.39 is 11.6 Å². The van der Waals surface area contributed by atoms with Crippen LogP contribution in [0.2, 0.25) is 0 Å². The number of hydrogen-bond acceptors (Lipinski definition) is 2. The highest BCUT2D eigenvalue weighted by Crippen LogP contribution is 2.20. The van der Waals surface area contributed by atoms with Crippen molar-refractivity contribution in [1.82, 2.24) is 9.55 Å². The normalized spacial score (nSPS) is 14.1. The van der Waals surface area contributed by atoms with E-state index in [9.17, 15) is 13.6 Å². The molecule has 0 spiro atoms. The highest BCUT2D eigenvalue weighted by Gasteiger charge is 2.17. The smallest absolute Gasteiger partial charge is 0.182 e. The van der Waals surface area contributed by atoms with E-state index in [1.54, 1.807) is 6.33 Å². The second-order valence-electron chi connectivity index (χ2n) is 5.03. The number of hydrogen-bond donors (Lipinski definition) is 0. The molecule has 0 unspecified atom stereocenters. The number of ketones is 1. The SMILES string of the molecule is O=C(Cn1cnc2c1CCCC2)c1ccc(F)c(F)c1. The number of carbonyl (C=O) groups is 1. The molecule has 1 aliphatic rings. The number of aryl methyl sites for hydroxylation is 1. The van der Waals surface area contributed by atoms with E-state index in [0.29, 0.717) is 0 Å². The maximum absolute atomic E-state index is 13.1. The summed E-state index contributed by atoms with van der Waals surface area (Å²) in [5, 5.41) is 0. The molecule has 20 heavy (non-hydrogen) atoms. The molecule has 0 bridgehead atoms. The number of Topliss-reactive ketones (excluding diaryl/α,β-unsaturated/α-hetero) is 1. The van der Waals surface area contributed by atoms with Crippen molar-refractivity contribution in [3.05, 3.63) is 53.1 Å². The van der Waals surface area contributed by atoms with Crippen molar-refractivity contribution in [2.75, 3.05) is 0 Å². The second-order valence-corrected chi connectivity index (χ2v) is 5.03. The molecule has 0 N–H and O–H groups in total. The molecule has 0 fully saturated rings. The maximum Gasteiger partial charge on any atom is 0.182 e. The van der Waals surface area contributed by atoms with Gasteiger partial charge in [0, 0.05) is 11.3 Å². The Morgan fingerprint density at radius 1 is 1.20 bits per heavy atom. The van der Waals surface area contributed by atoms with E-state index in [4.69, 9.17) is 0 Å². The first-order chi connectivity index (χ1) is 9.65. The Balaban J connectivity index is 1.82. The van der Waals surface area contributed by atoms with Crippen molar-refractivity contribution in [2.45, 2.75) is 32.2 Å².